The second kappa shape index (κ2) is 8.73. The van der Waals surface area contributed by atoms with Gasteiger partial charge in [0.15, 0.2) is 11.5 Å². The molecule has 1 aromatic heterocycles. The fraction of sp³-hybridized carbons (Fsp3) is 0.400. The zero-order chi connectivity index (χ0) is 19.2. The third-order valence-corrected chi connectivity index (χ3v) is 4.76. The van der Waals surface area contributed by atoms with Gasteiger partial charge in [-0.25, -0.2) is 0 Å². The molecule has 1 fully saturated rings. The Morgan fingerprint density at radius 1 is 1.04 bits per heavy atom. The summed E-state index contributed by atoms with van der Waals surface area (Å²) in [6.45, 7) is 6.50. The van der Waals surface area contributed by atoms with Gasteiger partial charge in [0, 0.05) is 44.1 Å². The average Bonchev–Trinajstić information content (AvgIpc) is 2.73. The van der Waals surface area contributed by atoms with Crippen molar-refractivity contribution in [2.45, 2.75) is 6.92 Å². The first kappa shape index (κ1) is 19.0. The first-order valence-electron chi connectivity index (χ1n) is 9.10. The van der Waals surface area contributed by atoms with Crippen molar-refractivity contribution in [1.82, 2.24) is 14.8 Å². The number of nitrogens with zero attached hydrogens (tertiary/aromatic N) is 3. The van der Waals surface area contributed by atoms with Gasteiger partial charge >= 0.3 is 0 Å². The smallest absolute Gasteiger partial charge is 0.255 e. The van der Waals surface area contributed by atoms with E-state index < -0.39 is 0 Å². The molecule has 0 spiro atoms. The van der Waals surface area contributed by atoms with Gasteiger partial charge < -0.3 is 24.6 Å². The number of hydrogen-bond donors (Lipinski definition) is 1. The third kappa shape index (κ3) is 4.49. The number of hydrogen-bond acceptors (Lipinski definition) is 6. The Balaban J connectivity index is 1.71. The van der Waals surface area contributed by atoms with Crippen molar-refractivity contribution < 1.29 is 14.3 Å². The Bertz CT molecular complexity index is 789. The third-order valence-electron chi connectivity index (χ3n) is 4.76. The highest BCUT2D eigenvalue weighted by atomic mass is 16.5. The van der Waals surface area contributed by atoms with Crippen LogP contribution in [0, 0.1) is 0 Å². The highest BCUT2D eigenvalue weighted by Crippen LogP contribution is 2.31. The molecule has 1 N–H and O–H groups in total. The van der Waals surface area contributed by atoms with Gasteiger partial charge in [-0.3, -0.25) is 9.78 Å². The first-order chi connectivity index (χ1) is 13.1. The SMILES string of the molecule is CCN1CCN(C(=O)c2cncc(Nc3ccc(OC)c(OC)c3)c2)CC1. The van der Waals surface area contributed by atoms with Crippen LogP contribution in [-0.4, -0.2) is 67.6 Å². The quantitative estimate of drug-likeness (QED) is 0.843. The predicted molar refractivity (Wildman–Crippen MR) is 105 cm³/mol. The second-order valence-corrected chi connectivity index (χ2v) is 6.38. The van der Waals surface area contributed by atoms with Crippen LogP contribution in [0.3, 0.4) is 0 Å². The molecule has 2 heterocycles. The summed E-state index contributed by atoms with van der Waals surface area (Å²) in [6.07, 6.45) is 3.32. The van der Waals surface area contributed by atoms with Crippen LogP contribution in [0.4, 0.5) is 11.4 Å². The molecular formula is C20H26N4O3. The Morgan fingerprint density at radius 2 is 1.78 bits per heavy atom. The number of anilines is 2. The molecule has 0 unspecified atom stereocenters. The van der Waals surface area contributed by atoms with Gasteiger partial charge in [0.25, 0.3) is 5.91 Å². The van der Waals surface area contributed by atoms with E-state index in [1.54, 1.807) is 26.6 Å². The lowest BCUT2D eigenvalue weighted by molar-refractivity contribution is 0.0643. The summed E-state index contributed by atoms with van der Waals surface area (Å²) in [6, 6.07) is 7.40. The van der Waals surface area contributed by atoms with Gasteiger partial charge in [0.05, 0.1) is 31.7 Å². The molecule has 0 aliphatic carbocycles. The molecule has 1 amide bonds. The zero-order valence-electron chi connectivity index (χ0n) is 16.1. The van der Waals surface area contributed by atoms with Gasteiger partial charge in [0.2, 0.25) is 0 Å². The molecule has 2 aromatic rings. The largest absolute Gasteiger partial charge is 0.493 e. The van der Waals surface area contributed by atoms with E-state index in [9.17, 15) is 4.79 Å². The number of pyridine rings is 1. The van der Waals surface area contributed by atoms with Crippen LogP contribution in [0.25, 0.3) is 0 Å². The summed E-state index contributed by atoms with van der Waals surface area (Å²) in [7, 11) is 3.20. The summed E-state index contributed by atoms with van der Waals surface area (Å²) in [4.78, 5) is 21.3. The molecule has 7 heteroatoms. The summed E-state index contributed by atoms with van der Waals surface area (Å²) in [5.74, 6) is 1.32. The molecular weight excluding hydrogens is 344 g/mol. The van der Waals surface area contributed by atoms with E-state index in [0.717, 1.165) is 44.1 Å². The maximum absolute atomic E-state index is 12.8. The Morgan fingerprint density at radius 3 is 2.44 bits per heavy atom. The lowest BCUT2D eigenvalue weighted by atomic mass is 10.2. The zero-order valence-corrected chi connectivity index (χ0v) is 16.1. The Kier molecular flexibility index (Phi) is 6.13. The van der Waals surface area contributed by atoms with E-state index in [1.165, 1.54) is 0 Å². The molecule has 27 heavy (non-hydrogen) atoms. The fourth-order valence-corrected chi connectivity index (χ4v) is 3.16. The predicted octanol–water partition coefficient (Wildman–Crippen LogP) is 2.62. The molecule has 1 saturated heterocycles. The molecule has 0 bridgehead atoms. The van der Waals surface area contributed by atoms with Gasteiger partial charge in [-0.1, -0.05) is 6.92 Å². The molecule has 0 atom stereocenters. The van der Waals surface area contributed by atoms with E-state index in [2.05, 4.69) is 22.1 Å². The van der Waals surface area contributed by atoms with Gasteiger partial charge in [-0.2, -0.15) is 0 Å². The molecule has 3 rings (SSSR count). The number of benzene rings is 1. The van der Waals surface area contributed by atoms with Crippen molar-refractivity contribution in [1.29, 1.82) is 0 Å². The van der Waals surface area contributed by atoms with Crippen LogP contribution in [0.1, 0.15) is 17.3 Å². The summed E-state index contributed by atoms with van der Waals surface area (Å²) < 4.78 is 10.6. The van der Waals surface area contributed by atoms with Crippen LogP contribution in [0.5, 0.6) is 11.5 Å². The topological polar surface area (TPSA) is 66.9 Å². The number of amides is 1. The van der Waals surface area contributed by atoms with Crippen LogP contribution >= 0.6 is 0 Å². The van der Waals surface area contributed by atoms with E-state index in [-0.39, 0.29) is 5.91 Å². The number of methoxy groups -OCH3 is 2. The monoisotopic (exact) mass is 370 g/mol. The van der Waals surface area contributed by atoms with Crippen LogP contribution in [0.2, 0.25) is 0 Å². The number of rotatable bonds is 6. The van der Waals surface area contributed by atoms with E-state index in [1.807, 2.05) is 29.2 Å². The van der Waals surface area contributed by atoms with Crippen molar-refractivity contribution in [3.8, 4) is 11.5 Å². The highest BCUT2D eigenvalue weighted by molar-refractivity contribution is 5.95. The van der Waals surface area contributed by atoms with E-state index >= 15 is 0 Å². The lowest BCUT2D eigenvalue weighted by Crippen LogP contribution is -2.48. The van der Waals surface area contributed by atoms with Crippen molar-refractivity contribution in [3.05, 3.63) is 42.2 Å². The number of ether oxygens (including phenoxy) is 2. The number of nitrogens with one attached hydrogen (secondary N) is 1. The maximum Gasteiger partial charge on any atom is 0.255 e. The molecule has 1 aliphatic rings. The first-order valence-corrected chi connectivity index (χ1v) is 9.10. The summed E-state index contributed by atoms with van der Waals surface area (Å²) in [5, 5.41) is 3.27. The van der Waals surface area contributed by atoms with Crippen LogP contribution in [-0.2, 0) is 0 Å². The van der Waals surface area contributed by atoms with Gasteiger partial charge in [-0.15, -0.1) is 0 Å². The molecule has 0 saturated carbocycles. The number of likely N-dealkylation sites (N-methyl/N-ethyl adjacent to an activating group) is 1. The second-order valence-electron chi connectivity index (χ2n) is 6.38. The molecule has 1 aromatic carbocycles. The molecule has 144 valence electrons. The number of aromatic nitrogens is 1. The normalized spacial score (nSPS) is 14.7. The maximum atomic E-state index is 12.8. The summed E-state index contributed by atoms with van der Waals surface area (Å²) >= 11 is 0. The molecule has 0 radical (unpaired) electrons. The van der Waals surface area contributed by atoms with Crippen LogP contribution in [0.15, 0.2) is 36.7 Å². The number of piperazine rings is 1. The van der Waals surface area contributed by atoms with Crippen LogP contribution < -0.4 is 14.8 Å². The Hall–Kier alpha value is -2.80. The standard InChI is InChI=1S/C20H26N4O3/c1-4-23-7-9-24(10-8-23)20(25)15-11-17(14-21-13-15)22-16-5-6-18(26-2)19(12-16)27-3/h5-6,11-14,22H,4,7-10H2,1-3H3. The average molecular weight is 370 g/mol. The number of carbonyl (C=O) groups is 1. The molecule has 1 aliphatic heterocycles. The Labute approximate surface area is 159 Å². The van der Waals surface area contributed by atoms with Crippen molar-refractivity contribution >= 4 is 17.3 Å². The summed E-state index contributed by atoms with van der Waals surface area (Å²) in [5.41, 5.74) is 2.17. The molecule has 7 nitrogen and oxygen atoms in total. The highest BCUT2D eigenvalue weighted by Gasteiger charge is 2.21. The van der Waals surface area contributed by atoms with Crippen molar-refractivity contribution in [3.63, 3.8) is 0 Å². The lowest BCUT2D eigenvalue weighted by Gasteiger charge is -2.34. The van der Waals surface area contributed by atoms with Crippen molar-refractivity contribution in [2.24, 2.45) is 0 Å². The van der Waals surface area contributed by atoms with Gasteiger partial charge in [0.1, 0.15) is 0 Å². The number of carbonyl (C=O) groups excluding carboxylic acids is 1. The van der Waals surface area contributed by atoms with E-state index in [0.29, 0.717) is 17.1 Å². The van der Waals surface area contributed by atoms with E-state index in [4.69, 9.17) is 9.47 Å². The van der Waals surface area contributed by atoms with Gasteiger partial charge in [-0.05, 0) is 24.7 Å². The minimum Gasteiger partial charge on any atom is -0.493 e. The fourth-order valence-electron chi connectivity index (χ4n) is 3.16. The van der Waals surface area contributed by atoms with Crippen molar-refractivity contribution in [2.75, 3.05) is 52.3 Å². The minimum atomic E-state index is 0.0224. The minimum absolute atomic E-state index is 0.0224.